The Morgan fingerprint density at radius 1 is 0.774 bits per heavy atom. The van der Waals surface area contributed by atoms with Crippen molar-refractivity contribution in [3.05, 3.63) is 65.2 Å². The molecule has 0 bridgehead atoms. The van der Waals surface area contributed by atoms with E-state index in [1.807, 2.05) is 36.4 Å². The van der Waals surface area contributed by atoms with Gasteiger partial charge in [0.2, 0.25) is 0 Å². The summed E-state index contributed by atoms with van der Waals surface area (Å²) >= 11 is 0. The third-order valence-electron chi connectivity index (χ3n) is 4.81. The van der Waals surface area contributed by atoms with Gasteiger partial charge in [0, 0.05) is 11.3 Å². The molecule has 2 rings (SSSR count). The van der Waals surface area contributed by atoms with Gasteiger partial charge in [-0.1, -0.05) is 65.8 Å². The molecule has 31 heavy (non-hydrogen) atoms. The number of amides is 2. The van der Waals surface area contributed by atoms with E-state index in [1.165, 1.54) is 0 Å². The maximum absolute atomic E-state index is 12.2. The Kier molecular flexibility index (Phi) is 7.60. The fourth-order valence-electron chi connectivity index (χ4n) is 2.82. The Morgan fingerprint density at radius 3 is 1.74 bits per heavy atom. The van der Waals surface area contributed by atoms with Gasteiger partial charge in [-0.2, -0.15) is 0 Å². The minimum absolute atomic E-state index is 0.00594. The van der Waals surface area contributed by atoms with E-state index in [0.29, 0.717) is 11.3 Å². The van der Waals surface area contributed by atoms with Crippen molar-refractivity contribution < 1.29 is 19.1 Å². The van der Waals surface area contributed by atoms with Crippen molar-refractivity contribution in [3.63, 3.8) is 0 Å². The second-order valence-corrected chi connectivity index (χ2v) is 9.55. The fraction of sp³-hybridized carbons (Fsp3) is 0.400. The van der Waals surface area contributed by atoms with Gasteiger partial charge in [0.15, 0.2) is 6.61 Å². The van der Waals surface area contributed by atoms with Gasteiger partial charge < -0.3 is 15.4 Å². The van der Waals surface area contributed by atoms with Crippen LogP contribution in [0.4, 0.5) is 5.69 Å². The molecule has 0 saturated heterocycles. The quantitative estimate of drug-likeness (QED) is 0.681. The van der Waals surface area contributed by atoms with Crippen LogP contribution >= 0.6 is 0 Å². The number of carbonyl (C=O) groups excluding carboxylic acids is 3. The van der Waals surface area contributed by atoms with Crippen LogP contribution in [-0.2, 0) is 25.2 Å². The van der Waals surface area contributed by atoms with E-state index in [0.717, 1.165) is 11.1 Å². The minimum Gasteiger partial charge on any atom is -0.454 e. The van der Waals surface area contributed by atoms with E-state index in [2.05, 4.69) is 52.2 Å². The Hall–Kier alpha value is -3.15. The van der Waals surface area contributed by atoms with Gasteiger partial charge in [-0.05, 0) is 46.2 Å². The van der Waals surface area contributed by atoms with Crippen LogP contribution in [0.5, 0.6) is 0 Å². The van der Waals surface area contributed by atoms with Crippen LogP contribution < -0.4 is 10.6 Å². The molecular weight excluding hydrogens is 392 g/mol. The second-order valence-electron chi connectivity index (χ2n) is 9.55. The molecule has 0 radical (unpaired) electrons. The Labute approximate surface area is 184 Å². The maximum Gasteiger partial charge on any atom is 0.325 e. The average molecular weight is 425 g/mol. The number of anilines is 1. The molecule has 0 aliphatic carbocycles. The van der Waals surface area contributed by atoms with Crippen LogP contribution in [0.15, 0.2) is 48.5 Å². The van der Waals surface area contributed by atoms with E-state index in [9.17, 15) is 14.4 Å². The van der Waals surface area contributed by atoms with E-state index in [1.54, 1.807) is 12.1 Å². The molecule has 2 aromatic carbocycles. The number of benzene rings is 2. The first-order valence-electron chi connectivity index (χ1n) is 10.3. The van der Waals surface area contributed by atoms with Crippen molar-refractivity contribution >= 4 is 23.5 Å². The highest BCUT2D eigenvalue weighted by molar-refractivity contribution is 5.96. The molecule has 0 saturated carbocycles. The summed E-state index contributed by atoms with van der Waals surface area (Å²) in [5.74, 6) is -1.50. The van der Waals surface area contributed by atoms with Crippen molar-refractivity contribution in [1.29, 1.82) is 0 Å². The lowest BCUT2D eigenvalue weighted by molar-refractivity contribution is -0.146. The molecule has 0 heterocycles. The van der Waals surface area contributed by atoms with Crippen molar-refractivity contribution in [1.82, 2.24) is 5.32 Å². The average Bonchev–Trinajstić information content (AvgIpc) is 2.69. The zero-order chi connectivity index (χ0) is 23.2. The molecule has 6 nitrogen and oxygen atoms in total. The van der Waals surface area contributed by atoms with E-state index in [-0.39, 0.29) is 23.3 Å². The van der Waals surface area contributed by atoms with E-state index >= 15 is 0 Å². The zero-order valence-corrected chi connectivity index (χ0v) is 19.2. The monoisotopic (exact) mass is 424 g/mol. The Balaban J connectivity index is 1.76. The van der Waals surface area contributed by atoms with E-state index < -0.39 is 18.5 Å². The molecule has 0 atom stereocenters. The van der Waals surface area contributed by atoms with Gasteiger partial charge in [-0.3, -0.25) is 14.4 Å². The van der Waals surface area contributed by atoms with Crippen molar-refractivity contribution in [2.24, 2.45) is 0 Å². The van der Waals surface area contributed by atoms with Crippen molar-refractivity contribution in [2.45, 2.75) is 52.4 Å². The highest BCUT2D eigenvalue weighted by Gasteiger charge is 2.16. The summed E-state index contributed by atoms with van der Waals surface area (Å²) in [5, 5.41) is 5.19. The zero-order valence-electron chi connectivity index (χ0n) is 19.2. The molecule has 2 aromatic rings. The summed E-state index contributed by atoms with van der Waals surface area (Å²) in [6.07, 6.45) is 0. The highest BCUT2D eigenvalue weighted by Crippen LogP contribution is 2.23. The van der Waals surface area contributed by atoms with Gasteiger partial charge in [0.25, 0.3) is 11.8 Å². The van der Waals surface area contributed by atoms with Gasteiger partial charge in [0.05, 0.1) is 0 Å². The number of hydrogen-bond acceptors (Lipinski definition) is 4. The van der Waals surface area contributed by atoms with Crippen LogP contribution in [0.1, 0.15) is 63.0 Å². The lowest BCUT2D eigenvalue weighted by atomic mass is 9.87. The number of hydrogen-bond donors (Lipinski definition) is 2. The first-order chi connectivity index (χ1) is 14.4. The predicted molar refractivity (Wildman–Crippen MR) is 122 cm³/mol. The number of rotatable bonds is 6. The lowest BCUT2D eigenvalue weighted by Gasteiger charge is -2.19. The lowest BCUT2D eigenvalue weighted by Crippen LogP contribution is -2.32. The second kappa shape index (κ2) is 9.77. The molecule has 0 aromatic heterocycles. The smallest absolute Gasteiger partial charge is 0.325 e. The summed E-state index contributed by atoms with van der Waals surface area (Å²) in [6.45, 7) is 11.9. The molecule has 166 valence electrons. The summed E-state index contributed by atoms with van der Waals surface area (Å²) < 4.78 is 4.94. The number of ether oxygens (including phenoxy) is 1. The molecule has 0 fully saturated rings. The van der Waals surface area contributed by atoms with Gasteiger partial charge >= 0.3 is 5.97 Å². The third-order valence-corrected chi connectivity index (χ3v) is 4.81. The Bertz CT molecular complexity index is 918. The highest BCUT2D eigenvalue weighted by atomic mass is 16.5. The summed E-state index contributed by atoms with van der Waals surface area (Å²) in [5.41, 5.74) is 3.37. The maximum atomic E-state index is 12.2. The topological polar surface area (TPSA) is 84.5 Å². The standard InChI is InChI=1S/C25H32N2O4/c1-24(2,3)18-9-7-17(8-10-18)23(30)26-15-22(29)31-16-21(28)27-20-13-11-19(12-14-20)25(4,5)6/h7-14H,15-16H2,1-6H3,(H,26,30)(H,27,28). The normalized spacial score (nSPS) is 11.5. The largest absolute Gasteiger partial charge is 0.454 e. The molecule has 0 aliphatic rings. The molecule has 2 N–H and O–H groups in total. The predicted octanol–water partition coefficient (Wildman–Crippen LogP) is 4.19. The SMILES string of the molecule is CC(C)(C)c1ccc(NC(=O)COC(=O)CNC(=O)c2ccc(C(C)(C)C)cc2)cc1. The van der Waals surface area contributed by atoms with E-state index in [4.69, 9.17) is 4.74 Å². The van der Waals surface area contributed by atoms with Crippen LogP contribution in [0, 0.1) is 0 Å². The third kappa shape index (κ3) is 7.55. The summed E-state index contributed by atoms with van der Waals surface area (Å²) in [7, 11) is 0. The molecule has 0 spiro atoms. The first kappa shape index (κ1) is 24.1. The summed E-state index contributed by atoms with van der Waals surface area (Å²) in [6, 6.07) is 14.8. The number of carbonyl (C=O) groups is 3. The molecule has 2 amide bonds. The molecule has 6 heteroatoms. The van der Waals surface area contributed by atoms with Gasteiger partial charge in [-0.15, -0.1) is 0 Å². The Morgan fingerprint density at radius 2 is 1.26 bits per heavy atom. The first-order valence-corrected chi connectivity index (χ1v) is 10.3. The van der Waals surface area contributed by atoms with Crippen molar-refractivity contribution in [3.8, 4) is 0 Å². The molecular formula is C25H32N2O4. The molecule has 0 aliphatic heterocycles. The van der Waals surface area contributed by atoms with Crippen LogP contribution in [-0.4, -0.2) is 30.9 Å². The number of esters is 1. The van der Waals surface area contributed by atoms with Crippen LogP contribution in [0.25, 0.3) is 0 Å². The van der Waals surface area contributed by atoms with Gasteiger partial charge in [0.1, 0.15) is 6.54 Å². The van der Waals surface area contributed by atoms with Crippen molar-refractivity contribution in [2.75, 3.05) is 18.5 Å². The van der Waals surface area contributed by atoms with Gasteiger partial charge in [-0.25, -0.2) is 0 Å². The number of nitrogens with one attached hydrogen (secondary N) is 2. The molecule has 0 unspecified atom stereocenters. The van der Waals surface area contributed by atoms with Crippen LogP contribution in [0.2, 0.25) is 0 Å². The minimum atomic E-state index is -0.683. The van der Waals surface area contributed by atoms with Crippen LogP contribution in [0.3, 0.4) is 0 Å². The fourth-order valence-corrected chi connectivity index (χ4v) is 2.82. The summed E-state index contributed by atoms with van der Waals surface area (Å²) in [4.78, 5) is 36.0.